The molecule has 4 heteroatoms. The minimum Gasteiger partial charge on any atom is -0.397 e. The van der Waals surface area contributed by atoms with Gasteiger partial charge in [-0.3, -0.25) is 4.79 Å². The van der Waals surface area contributed by atoms with Crippen LogP contribution >= 0.6 is 0 Å². The number of aryl methyl sites for hydroxylation is 2. The molecule has 4 nitrogen and oxygen atoms in total. The van der Waals surface area contributed by atoms with Crippen LogP contribution in [-0.4, -0.2) is 13.0 Å². The fourth-order valence-corrected chi connectivity index (χ4v) is 2.63. The van der Waals surface area contributed by atoms with Crippen LogP contribution in [-0.2, 0) is 11.2 Å². The van der Waals surface area contributed by atoms with Gasteiger partial charge in [-0.25, -0.2) is 0 Å². The van der Waals surface area contributed by atoms with Gasteiger partial charge in [0.15, 0.2) is 0 Å². The standard InChI is InChI=1S/C17H19N3O/c1-11-3-6-13(7-4-11)20(2)16-9-12-5-8-17(21)19-15(12)10-14(16)18/h3-4,6-7,9-10H,5,8,18H2,1-2H3,(H,19,21). The Hall–Kier alpha value is -2.49. The molecule has 3 rings (SSSR count). The van der Waals surface area contributed by atoms with Gasteiger partial charge in [-0.05, 0) is 43.2 Å². The van der Waals surface area contributed by atoms with Crippen LogP contribution in [0.4, 0.5) is 22.7 Å². The Morgan fingerprint density at radius 2 is 1.86 bits per heavy atom. The Morgan fingerprint density at radius 1 is 1.14 bits per heavy atom. The molecule has 21 heavy (non-hydrogen) atoms. The predicted molar refractivity (Wildman–Crippen MR) is 87.0 cm³/mol. The van der Waals surface area contributed by atoms with Crippen LogP contribution in [0.1, 0.15) is 17.5 Å². The highest BCUT2D eigenvalue weighted by Crippen LogP contribution is 2.35. The third kappa shape index (κ3) is 2.57. The van der Waals surface area contributed by atoms with Gasteiger partial charge in [0, 0.05) is 24.8 Å². The maximum Gasteiger partial charge on any atom is 0.224 e. The Morgan fingerprint density at radius 3 is 2.57 bits per heavy atom. The van der Waals surface area contributed by atoms with Gasteiger partial charge in [0.25, 0.3) is 0 Å². The van der Waals surface area contributed by atoms with Crippen molar-refractivity contribution in [3.8, 4) is 0 Å². The quantitative estimate of drug-likeness (QED) is 0.831. The minimum atomic E-state index is 0.0570. The summed E-state index contributed by atoms with van der Waals surface area (Å²) in [7, 11) is 2.00. The van der Waals surface area contributed by atoms with Gasteiger partial charge in [0.2, 0.25) is 5.91 Å². The number of fused-ring (bicyclic) bond motifs is 1. The van der Waals surface area contributed by atoms with Crippen molar-refractivity contribution in [1.29, 1.82) is 0 Å². The lowest BCUT2D eigenvalue weighted by Gasteiger charge is -2.25. The van der Waals surface area contributed by atoms with Crippen molar-refractivity contribution in [2.24, 2.45) is 0 Å². The molecule has 0 radical (unpaired) electrons. The van der Waals surface area contributed by atoms with Gasteiger partial charge < -0.3 is 16.0 Å². The molecule has 0 saturated heterocycles. The zero-order valence-corrected chi connectivity index (χ0v) is 12.3. The van der Waals surface area contributed by atoms with Crippen molar-refractivity contribution in [2.75, 3.05) is 23.0 Å². The maximum atomic E-state index is 11.4. The van der Waals surface area contributed by atoms with Crippen LogP contribution in [0.5, 0.6) is 0 Å². The minimum absolute atomic E-state index is 0.0570. The summed E-state index contributed by atoms with van der Waals surface area (Å²) in [4.78, 5) is 13.5. The van der Waals surface area contributed by atoms with Crippen molar-refractivity contribution in [3.63, 3.8) is 0 Å². The number of carbonyl (C=O) groups is 1. The van der Waals surface area contributed by atoms with E-state index in [2.05, 4.69) is 47.5 Å². The van der Waals surface area contributed by atoms with E-state index in [1.807, 2.05) is 13.1 Å². The van der Waals surface area contributed by atoms with Crippen molar-refractivity contribution in [2.45, 2.75) is 19.8 Å². The number of nitrogens with zero attached hydrogens (tertiary/aromatic N) is 1. The average molecular weight is 281 g/mol. The zero-order chi connectivity index (χ0) is 15.0. The summed E-state index contributed by atoms with van der Waals surface area (Å²) in [5, 5.41) is 2.88. The molecule has 2 aromatic rings. The Labute approximate surface area is 124 Å². The second kappa shape index (κ2) is 5.13. The summed E-state index contributed by atoms with van der Waals surface area (Å²) < 4.78 is 0. The fraction of sp³-hybridized carbons (Fsp3) is 0.235. The van der Waals surface area contributed by atoms with Gasteiger partial charge in [0.05, 0.1) is 11.4 Å². The molecule has 0 aromatic heterocycles. The lowest BCUT2D eigenvalue weighted by atomic mass is 10.0. The van der Waals surface area contributed by atoms with Crippen molar-refractivity contribution < 1.29 is 4.79 Å². The molecule has 0 spiro atoms. The molecule has 1 heterocycles. The van der Waals surface area contributed by atoms with Gasteiger partial charge in [-0.15, -0.1) is 0 Å². The summed E-state index contributed by atoms with van der Waals surface area (Å²) in [5.41, 5.74) is 12.1. The van der Waals surface area contributed by atoms with Crippen LogP contribution in [0.25, 0.3) is 0 Å². The number of carbonyl (C=O) groups excluding carboxylic acids is 1. The molecule has 0 aliphatic carbocycles. The number of nitrogens with one attached hydrogen (secondary N) is 1. The summed E-state index contributed by atoms with van der Waals surface area (Å²) in [5.74, 6) is 0.0570. The van der Waals surface area contributed by atoms with Gasteiger partial charge >= 0.3 is 0 Å². The number of benzene rings is 2. The second-order valence-electron chi connectivity index (χ2n) is 5.51. The van der Waals surface area contributed by atoms with Gasteiger partial charge in [0.1, 0.15) is 0 Å². The number of anilines is 4. The predicted octanol–water partition coefficient (Wildman–Crippen LogP) is 3.23. The van der Waals surface area contributed by atoms with E-state index >= 15 is 0 Å². The highest BCUT2D eigenvalue weighted by Gasteiger charge is 2.18. The summed E-state index contributed by atoms with van der Waals surface area (Å²) >= 11 is 0. The number of hydrogen-bond acceptors (Lipinski definition) is 3. The highest BCUT2D eigenvalue weighted by atomic mass is 16.1. The molecule has 1 aliphatic rings. The fourth-order valence-electron chi connectivity index (χ4n) is 2.63. The SMILES string of the molecule is Cc1ccc(N(C)c2cc3c(cc2N)NC(=O)CC3)cc1. The van der Waals surface area contributed by atoms with E-state index in [4.69, 9.17) is 5.73 Å². The number of hydrogen-bond donors (Lipinski definition) is 2. The first-order chi connectivity index (χ1) is 10.0. The Bertz CT molecular complexity index is 692. The zero-order valence-electron chi connectivity index (χ0n) is 12.3. The van der Waals surface area contributed by atoms with Gasteiger partial charge in [-0.2, -0.15) is 0 Å². The molecule has 3 N–H and O–H groups in total. The molecule has 0 saturated carbocycles. The summed E-state index contributed by atoms with van der Waals surface area (Å²) in [6.45, 7) is 2.07. The highest BCUT2D eigenvalue weighted by molar-refractivity contribution is 5.96. The lowest BCUT2D eigenvalue weighted by molar-refractivity contribution is -0.116. The molecule has 0 bridgehead atoms. The first-order valence-corrected chi connectivity index (χ1v) is 7.07. The van der Waals surface area contributed by atoms with E-state index in [0.29, 0.717) is 12.1 Å². The van der Waals surface area contributed by atoms with Crippen LogP contribution < -0.4 is 16.0 Å². The topological polar surface area (TPSA) is 58.4 Å². The van der Waals surface area contributed by atoms with E-state index in [0.717, 1.165) is 29.0 Å². The van der Waals surface area contributed by atoms with Gasteiger partial charge in [-0.1, -0.05) is 17.7 Å². The summed E-state index contributed by atoms with van der Waals surface area (Å²) in [6, 6.07) is 12.3. The molecule has 0 unspecified atom stereocenters. The van der Waals surface area contributed by atoms with E-state index in [-0.39, 0.29) is 5.91 Å². The van der Waals surface area contributed by atoms with Crippen molar-refractivity contribution >= 4 is 28.7 Å². The smallest absolute Gasteiger partial charge is 0.224 e. The molecular formula is C17H19N3O. The molecule has 1 aliphatic heterocycles. The number of nitrogen functional groups attached to an aromatic ring is 1. The van der Waals surface area contributed by atoms with Crippen LogP contribution in [0.3, 0.4) is 0 Å². The third-order valence-corrected chi connectivity index (χ3v) is 3.93. The number of amides is 1. The number of nitrogens with two attached hydrogens (primary N) is 1. The number of rotatable bonds is 2. The van der Waals surface area contributed by atoms with Crippen LogP contribution in [0.2, 0.25) is 0 Å². The molecule has 108 valence electrons. The van der Waals surface area contributed by atoms with E-state index in [1.54, 1.807) is 0 Å². The second-order valence-corrected chi connectivity index (χ2v) is 5.51. The Kier molecular flexibility index (Phi) is 3.29. The third-order valence-electron chi connectivity index (χ3n) is 3.93. The molecular weight excluding hydrogens is 262 g/mol. The van der Waals surface area contributed by atoms with Crippen LogP contribution in [0, 0.1) is 6.92 Å². The largest absolute Gasteiger partial charge is 0.397 e. The first kappa shape index (κ1) is 13.5. The lowest BCUT2D eigenvalue weighted by Crippen LogP contribution is -2.20. The molecule has 0 atom stereocenters. The first-order valence-electron chi connectivity index (χ1n) is 7.07. The van der Waals surface area contributed by atoms with Crippen molar-refractivity contribution in [1.82, 2.24) is 0 Å². The summed E-state index contributed by atoms with van der Waals surface area (Å²) in [6.07, 6.45) is 1.29. The monoisotopic (exact) mass is 281 g/mol. The normalized spacial score (nSPS) is 13.5. The average Bonchev–Trinajstić information content (AvgIpc) is 2.46. The molecule has 0 fully saturated rings. The van der Waals surface area contributed by atoms with E-state index in [9.17, 15) is 4.79 Å². The van der Waals surface area contributed by atoms with Crippen molar-refractivity contribution in [3.05, 3.63) is 47.5 Å². The molecule has 1 amide bonds. The van der Waals surface area contributed by atoms with E-state index in [1.165, 1.54) is 5.56 Å². The maximum absolute atomic E-state index is 11.4. The Balaban J connectivity index is 1.98. The van der Waals surface area contributed by atoms with E-state index < -0.39 is 0 Å². The molecule has 2 aromatic carbocycles. The van der Waals surface area contributed by atoms with Crippen LogP contribution in [0.15, 0.2) is 36.4 Å².